The summed E-state index contributed by atoms with van der Waals surface area (Å²) in [6.45, 7) is 8.90. The van der Waals surface area contributed by atoms with Gasteiger partial charge in [-0.2, -0.15) is 0 Å². The molecule has 0 aromatic heterocycles. The van der Waals surface area contributed by atoms with Crippen LogP contribution in [0.5, 0.6) is 23.0 Å². The lowest BCUT2D eigenvalue weighted by Crippen LogP contribution is -1.97. The summed E-state index contributed by atoms with van der Waals surface area (Å²) in [4.78, 5) is 0. The van der Waals surface area contributed by atoms with Gasteiger partial charge in [-0.1, -0.05) is 58.7 Å². The molecule has 0 N–H and O–H groups in total. The summed E-state index contributed by atoms with van der Waals surface area (Å²) in [5, 5.41) is 0. The second kappa shape index (κ2) is 7.84. The fourth-order valence-electron chi connectivity index (χ4n) is 5.18. The van der Waals surface area contributed by atoms with E-state index < -0.39 is 0 Å². The highest BCUT2D eigenvalue weighted by molar-refractivity contribution is 6.00. The van der Waals surface area contributed by atoms with Crippen molar-refractivity contribution in [3.8, 4) is 56.4 Å². The molecule has 2 heterocycles. The molecule has 2 aliphatic heterocycles. The molecule has 4 aromatic carbocycles. The van der Waals surface area contributed by atoms with Crippen molar-refractivity contribution in [1.82, 2.24) is 0 Å². The van der Waals surface area contributed by atoms with E-state index in [0.717, 1.165) is 56.4 Å². The van der Waals surface area contributed by atoms with Crippen LogP contribution in [0, 0.1) is 27.7 Å². The van der Waals surface area contributed by atoms with Gasteiger partial charge in [0.25, 0.3) is 0 Å². The molecule has 0 aliphatic carbocycles. The molecule has 0 fully saturated rings. The first-order valence-electron chi connectivity index (χ1n) is 11.5. The van der Waals surface area contributed by atoms with Crippen LogP contribution in [0.3, 0.4) is 0 Å². The first-order chi connectivity index (χ1) is 16.5. The van der Waals surface area contributed by atoms with Crippen molar-refractivity contribution in [3.63, 3.8) is 0 Å². The zero-order valence-electron chi connectivity index (χ0n) is 19.8. The molecule has 170 valence electrons. The summed E-state index contributed by atoms with van der Waals surface area (Å²) in [5.41, 5.74) is 11.2. The Morgan fingerprint density at radius 2 is 0.853 bits per heavy atom. The smallest absolute Gasteiger partial charge is 0.231 e. The number of fused-ring (bicyclic) bond motifs is 2. The van der Waals surface area contributed by atoms with E-state index in [-0.39, 0.29) is 13.6 Å². The largest absolute Gasteiger partial charge is 0.454 e. The van der Waals surface area contributed by atoms with Gasteiger partial charge in [0, 0.05) is 11.1 Å². The summed E-state index contributed by atoms with van der Waals surface area (Å²) in [5.74, 6) is 2.97. The van der Waals surface area contributed by atoms with E-state index in [4.69, 9.17) is 18.9 Å². The van der Waals surface area contributed by atoms with Crippen LogP contribution in [-0.2, 0) is 0 Å². The second-order valence-corrected chi connectivity index (χ2v) is 9.20. The Bertz CT molecular complexity index is 1300. The number of ether oxygens (including phenoxy) is 4. The number of hydrogen-bond acceptors (Lipinski definition) is 4. The zero-order chi connectivity index (χ0) is 23.4. The minimum absolute atomic E-state index is 0.198. The Hall–Kier alpha value is -3.92. The van der Waals surface area contributed by atoms with E-state index in [2.05, 4.69) is 76.2 Å². The highest BCUT2D eigenvalue weighted by Crippen LogP contribution is 2.55. The molecule has 2 aliphatic rings. The summed E-state index contributed by atoms with van der Waals surface area (Å²) >= 11 is 0. The van der Waals surface area contributed by atoms with Crippen molar-refractivity contribution in [2.75, 3.05) is 13.6 Å². The van der Waals surface area contributed by atoms with Crippen LogP contribution < -0.4 is 18.9 Å². The van der Waals surface area contributed by atoms with Crippen molar-refractivity contribution in [2.45, 2.75) is 27.7 Å². The molecular formula is C30H26O4. The first kappa shape index (κ1) is 20.7. The third-order valence-corrected chi connectivity index (χ3v) is 6.39. The van der Waals surface area contributed by atoms with Crippen LogP contribution in [0.25, 0.3) is 33.4 Å². The Morgan fingerprint density at radius 3 is 1.24 bits per heavy atom. The van der Waals surface area contributed by atoms with Gasteiger partial charge < -0.3 is 18.9 Å². The normalized spacial score (nSPS) is 13.4. The maximum absolute atomic E-state index is 6.09. The Balaban J connectivity index is 1.72. The van der Waals surface area contributed by atoms with Gasteiger partial charge in [0.1, 0.15) is 0 Å². The molecule has 6 rings (SSSR count). The highest BCUT2D eigenvalue weighted by Gasteiger charge is 2.31. The fraction of sp³-hybridized carbons (Fsp3) is 0.200. The quantitative estimate of drug-likeness (QED) is 0.326. The van der Waals surface area contributed by atoms with Gasteiger partial charge >= 0.3 is 0 Å². The average molecular weight is 451 g/mol. The molecule has 0 saturated carbocycles. The molecule has 0 bridgehead atoms. The van der Waals surface area contributed by atoms with Gasteiger partial charge in [0.15, 0.2) is 23.0 Å². The maximum Gasteiger partial charge on any atom is 0.231 e. The number of aryl methyl sites for hydroxylation is 4. The molecule has 34 heavy (non-hydrogen) atoms. The van der Waals surface area contributed by atoms with Gasteiger partial charge in [-0.15, -0.1) is 0 Å². The SMILES string of the molecule is Cc1cc(C)cc(-c2ccc3c(c2-c2c(-c4cc(C)cc(C)c4)ccc4c2OCO4)OCO3)c1. The number of hydrogen-bond donors (Lipinski definition) is 0. The van der Waals surface area contributed by atoms with Crippen molar-refractivity contribution in [3.05, 3.63) is 82.9 Å². The van der Waals surface area contributed by atoms with Crippen LogP contribution in [0.15, 0.2) is 60.7 Å². The fourth-order valence-corrected chi connectivity index (χ4v) is 5.18. The van der Waals surface area contributed by atoms with Crippen LogP contribution in [-0.4, -0.2) is 13.6 Å². The third-order valence-electron chi connectivity index (χ3n) is 6.39. The van der Waals surface area contributed by atoms with Crippen molar-refractivity contribution >= 4 is 0 Å². The Kier molecular flexibility index (Phi) is 4.77. The van der Waals surface area contributed by atoms with E-state index in [1.54, 1.807) is 0 Å². The van der Waals surface area contributed by atoms with E-state index in [0.29, 0.717) is 0 Å². The van der Waals surface area contributed by atoms with Crippen molar-refractivity contribution in [1.29, 1.82) is 0 Å². The Labute approximate surface area is 199 Å². The van der Waals surface area contributed by atoms with Crippen LogP contribution in [0.4, 0.5) is 0 Å². The predicted molar refractivity (Wildman–Crippen MR) is 134 cm³/mol. The minimum Gasteiger partial charge on any atom is -0.454 e. The maximum atomic E-state index is 6.09. The molecule has 0 radical (unpaired) electrons. The topological polar surface area (TPSA) is 36.9 Å². The molecule has 0 unspecified atom stereocenters. The van der Waals surface area contributed by atoms with E-state index in [1.165, 1.54) is 22.3 Å². The summed E-state index contributed by atoms with van der Waals surface area (Å²) < 4.78 is 23.8. The average Bonchev–Trinajstić information content (AvgIpc) is 3.46. The van der Waals surface area contributed by atoms with Crippen LogP contribution in [0.2, 0.25) is 0 Å². The van der Waals surface area contributed by atoms with Crippen molar-refractivity contribution in [2.24, 2.45) is 0 Å². The molecule has 0 spiro atoms. The van der Waals surface area contributed by atoms with Gasteiger partial charge in [0.2, 0.25) is 13.6 Å². The minimum atomic E-state index is 0.198. The van der Waals surface area contributed by atoms with Crippen LogP contribution >= 0.6 is 0 Å². The highest BCUT2D eigenvalue weighted by atomic mass is 16.7. The molecule has 0 atom stereocenters. The van der Waals surface area contributed by atoms with E-state index in [1.807, 2.05) is 12.1 Å². The standard InChI is InChI=1S/C30H26O4/c1-17-9-18(2)12-21(11-17)23-5-7-25-29(33-15-31-25)27(23)28-24(6-8-26-30(28)34-16-32-26)22-13-19(3)10-20(4)14-22/h5-14H,15-16H2,1-4H3. The summed E-state index contributed by atoms with van der Waals surface area (Å²) in [6, 6.07) is 21.5. The lowest BCUT2D eigenvalue weighted by atomic mass is 9.86. The summed E-state index contributed by atoms with van der Waals surface area (Å²) in [6.07, 6.45) is 0. The second-order valence-electron chi connectivity index (χ2n) is 9.20. The number of benzene rings is 4. The van der Waals surface area contributed by atoms with E-state index in [9.17, 15) is 0 Å². The molecule has 4 nitrogen and oxygen atoms in total. The monoisotopic (exact) mass is 450 g/mol. The molecule has 0 saturated heterocycles. The Morgan fingerprint density at radius 1 is 0.471 bits per heavy atom. The molecule has 4 heteroatoms. The lowest BCUT2D eigenvalue weighted by molar-refractivity contribution is 0.173. The van der Waals surface area contributed by atoms with Gasteiger partial charge in [-0.3, -0.25) is 0 Å². The molecule has 4 aromatic rings. The molecule has 0 amide bonds. The van der Waals surface area contributed by atoms with E-state index >= 15 is 0 Å². The molecular weight excluding hydrogens is 424 g/mol. The van der Waals surface area contributed by atoms with Gasteiger partial charge in [-0.05, 0) is 74.2 Å². The van der Waals surface area contributed by atoms with Crippen LogP contribution in [0.1, 0.15) is 22.3 Å². The van der Waals surface area contributed by atoms with Crippen molar-refractivity contribution < 1.29 is 18.9 Å². The zero-order valence-corrected chi connectivity index (χ0v) is 19.8. The van der Waals surface area contributed by atoms with Gasteiger partial charge in [-0.25, -0.2) is 0 Å². The number of rotatable bonds is 3. The van der Waals surface area contributed by atoms with Gasteiger partial charge in [0.05, 0.1) is 0 Å². The predicted octanol–water partition coefficient (Wildman–Crippen LogP) is 7.38. The third kappa shape index (κ3) is 3.38. The first-order valence-corrected chi connectivity index (χ1v) is 11.5. The summed E-state index contributed by atoms with van der Waals surface area (Å²) in [7, 11) is 0. The lowest BCUT2D eigenvalue weighted by Gasteiger charge is -2.19.